The lowest BCUT2D eigenvalue weighted by Crippen LogP contribution is -2.28. The molecule has 1 amide bonds. The van der Waals surface area contributed by atoms with Gasteiger partial charge in [-0.1, -0.05) is 30.0 Å². The molecule has 0 bridgehead atoms. The summed E-state index contributed by atoms with van der Waals surface area (Å²) in [5.41, 5.74) is 1.72. The highest BCUT2D eigenvalue weighted by atomic mass is 32.2. The minimum Gasteiger partial charge on any atom is -0.497 e. The number of hydrogen-bond acceptors (Lipinski definition) is 7. The number of aromatic amines is 1. The summed E-state index contributed by atoms with van der Waals surface area (Å²) in [4.78, 5) is 32.3. The molecule has 2 aromatic carbocycles. The van der Waals surface area contributed by atoms with Crippen LogP contribution >= 0.6 is 11.8 Å². The Morgan fingerprint density at radius 2 is 1.97 bits per heavy atom. The molecule has 0 aliphatic heterocycles. The van der Waals surface area contributed by atoms with E-state index in [1.54, 1.807) is 31.0 Å². The minimum absolute atomic E-state index is 0.0740. The molecule has 0 saturated heterocycles. The van der Waals surface area contributed by atoms with Gasteiger partial charge in [0.05, 0.1) is 37.9 Å². The number of thioether (sulfide) groups is 1. The third kappa shape index (κ3) is 4.85. The molecule has 10 heteroatoms. The van der Waals surface area contributed by atoms with E-state index in [0.717, 1.165) is 23.0 Å². The zero-order valence-electron chi connectivity index (χ0n) is 18.4. The van der Waals surface area contributed by atoms with Gasteiger partial charge in [-0.3, -0.25) is 9.59 Å². The molecule has 4 rings (SSSR count). The largest absolute Gasteiger partial charge is 0.497 e. The normalized spacial score (nSPS) is 11.8. The molecule has 1 unspecified atom stereocenters. The molecule has 9 nitrogen and oxygen atoms in total. The molecule has 0 aliphatic rings. The fraction of sp³-hybridized carbons (Fsp3) is 0.217. The Balaban J connectivity index is 1.48. The van der Waals surface area contributed by atoms with Crippen molar-refractivity contribution in [3.8, 4) is 17.2 Å². The maximum atomic E-state index is 12.6. The van der Waals surface area contributed by atoms with Crippen molar-refractivity contribution in [2.24, 2.45) is 0 Å². The minimum atomic E-state index is -0.308. The number of nitrogens with one attached hydrogen (secondary N) is 2. The number of rotatable bonds is 8. The van der Waals surface area contributed by atoms with Crippen molar-refractivity contribution >= 4 is 28.7 Å². The molecule has 0 radical (unpaired) electrons. The molecular formula is C23H23N5O4S. The SMILES string of the molecule is COc1ccc(OC)c(C(C)NC(=O)CSc2nc3c(cnn3-c3ccccc3)c(=O)[nH]2)c1. The van der Waals surface area contributed by atoms with Crippen molar-refractivity contribution in [1.82, 2.24) is 25.1 Å². The van der Waals surface area contributed by atoms with Crippen molar-refractivity contribution < 1.29 is 14.3 Å². The number of carbonyl (C=O) groups excluding carboxylic acids is 1. The van der Waals surface area contributed by atoms with Crippen molar-refractivity contribution in [2.75, 3.05) is 20.0 Å². The third-order valence-corrected chi connectivity index (χ3v) is 5.91. The van der Waals surface area contributed by atoms with Crippen LogP contribution in [0.5, 0.6) is 11.5 Å². The van der Waals surface area contributed by atoms with Crippen LogP contribution in [-0.4, -0.2) is 45.6 Å². The molecule has 0 spiro atoms. The Kier molecular flexibility index (Phi) is 6.64. The number of benzene rings is 2. The molecule has 4 aromatic rings. The highest BCUT2D eigenvalue weighted by Gasteiger charge is 2.17. The van der Waals surface area contributed by atoms with Gasteiger partial charge in [0.1, 0.15) is 16.9 Å². The van der Waals surface area contributed by atoms with E-state index in [-0.39, 0.29) is 23.3 Å². The maximum Gasteiger partial charge on any atom is 0.262 e. The van der Waals surface area contributed by atoms with Gasteiger partial charge in [-0.05, 0) is 37.3 Å². The van der Waals surface area contributed by atoms with E-state index in [1.165, 1.54) is 6.20 Å². The number of carbonyl (C=O) groups is 1. The summed E-state index contributed by atoms with van der Waals surface area (Å²) in [7, 11) is 3.16. The molecule has 1 atom stereocenters. The second-order valence-electron chi connectivity index (χ2n) is 7.19. The second-order valence-corrected chi connectivity index (χ2v) is 8.15. The lowest BCUT2D eigenvalue weighted by molar-refractivity contribution is -0.119. The lowest BCUT2D eigenvalue weighted by atomic mass is 10.1. The zero-order chi connectivity index (χ0) is 23.4. The lowest BCUT2D eigenvalue weighted by Gasteiger charge is -2.18. The van der Waals surface area contributed by atoms with E-state index in [2.05, 4.69) is 20.4 Å². The molecule has 2 heterocycles. The van der Waals surface area contributed by atoms with Gasteiger partial charge in [0.2, 0.25) is 5.91 Å². The number of fused-ring (bicyclic) bond motifs is 1. The Bertz CT molecular complexity index is 1340. The highest BCUT2D eigenvalue weighted by molar-refractivity contribution is 7.99. The Hall–Kier alpha value is -3.79. The van der Waals surface area contributed by atoms with Crippen molar-refractivity contribution in [2.45, 2.75) is 18.1 Å². The molecule has 2 aromatic heterocycles. The van der Waals surface area contributed by atoms with Crippen LogP contribution in [0.2, 0.25) is 0 Å². The van der Waals surface area contributed by atoms with Crippen molar-refractivity contribution in [1.29, 1.82) is 0 Å². The van der Waals surface area contributed by atoms with Crippen LogP contribution in [0.4, 0.5) is 0 Å². The number of methoxy groups -OCH3 is 2. The third-order valence-electron chi connectivity index (χ3n) is 5.04. The average Bonchev–Trinajstić information content (AvgIpc) is 3.27. The van der Waals surface area contributed by atoms with E-state index < -0.39 is 0 Å². The first-order valence-electron chi connectivity index (χ1n) is 10.2. The Labute approximate surface area is 194 Å². The first kappa shape index (κ1) is 22.4. The first-order chi connectivity index (χ1) is 16.0. The van der Waals surface area contributed by atoms with E-state index in [0.29, 0.717) is 27.7 Å². The van der Waals surface area contributed by atoms with Gasteiger partial charge in [-0.15, -0.1) is 0 Å². The fourth-order valence-electron chi connectivity index (χ4n) is 3.40. The van der Waals surface area contributed by atoms with Gasteiger partial charge in [0, 0.05) is 5.56 Å². The predicted molar refractivity (Wildman–Crippen MR) is 126 cm³/mol. The Morgan fingerprint density at radius 3 is 2.70 bits per heavy atom. The summed E-state index contributed by atoms with van der Waals surface area (Å²) >= 11 is 1.14. The standard InChI is InChI=1S/C23H23N5O4S/c1-14(17-11-16(31-2)9-10-19(17)32-3)25-20(29)13-33-23-26-21-18(22(30)27-23)12-24-28(21)15-7-5-4-6-8-15/h4-12,14H,13H2,1-3H3,(H,25,29)(H,26,27,30). The molecule has 0 fully saturated rings. The van der Waals surface area contributed by atoms with Crippen LogP contribution in [0.25, 0.3) is 16.7 Å². The number of aromatic nitrogens is 4. The molecule has 2 N–H and O–H groups in total. The van der Waals surface area contributed by atoms with Crippen molar-refractivity contribution in [3.05, 3.63) is 70.6 Å². The van der Waals surface area contributed by atoms with Crippen LogP contribution in [-0.2, 0) is 4.79 Å². The number of nitrogens with zero attached hydrogens (tertiary/aromatic N) is 3. The Morgan fingerprint density at radius 1 is 1.18 bits per heavy atom. The number of para-hydroxylation sites is 1. The second kappa shape index (κ2) is 9.78. The van der Waals surface area contributed by atoms with Gasteiger partial charge in [0.25, 0.3) is 5.56 Å². The molecule has 33 heavy (non-hydrogen) atoms. The van der Waals surface area contributed by atoms with Gasteiger partial charge in [-0.2, -0.15) is 5.10 Å². The summed E-state index contributed by atoms with van der Waals surface area (Å²) in [5.74, 6) is 1.19. The zero-order valence-corrected chi connectivity index (χ0v) is 19.2. The highest BCUT2D eigenvalue weighted by Crippen LogP contribution is 2.29. The summed E-state index contributed by atoms with van der Waals surface area (Å²) in [6.45, 7) is 1.87. The molecule has 0 aliphatic carbocycles. The number of amides is 1. The fourth-order valence-corrected chi connectivity index (χ4v) is 4.06. The van der Waals surface area contributed by atoms with E-state index in [1.807, 2.05) is 43.3 Å². The van der Waals surface area contributed by atoms with E-state index in [4.69, 9.17) is 9.47 Å². The summed E-state index contributed by atoms with van der Waals surface area (Å²) in [6.07, 6.45) is 1.48. The quantitative estimate of drug-likeness (QED) is 0.304. The van der Waals surface area contributed by atoms with Crippen LogP contribution in [0, 0.1) is 0 Å². The molecule has 0 saturated carbocycles. The van der Waals surface area contributed by atoms with Crippen LogP contribution in [0.15, 0.2) is 64.7 Å². The van der Waals surface area contributed by atoms with E-state index >= 15 is 0 Å². The van der Waals surface area contributed by atoms with Gasteiger partial charge < -0.3 is 19.8 Å². The smallest absolute Gasteiger partial charge is 0.262 e. The van der Waals surface area contributed by atoms with Gasteiger partial charge in [0.15, 0.2) is 10.8 Å². The number of hydrogen-bond donors (Lipinski definition) is 2. The van der Waals surface area contributed by atoms with Crippen LogP contribution < -0.4 is 20.3 Å². The molecule has 170 valence electrons. The van der Waals surface area contributed by atoms with Gasteiger partial charge in [-0.25, -0.2) is 9.67 Å². The number of H-pyrrole nitrogens is 1. The molecular weight excluding hydrogens is 442 g/mol. The van der Waals surface area contributed by atoms with Crippen molar-refractivity contribution in [3.63, 3.8) is 0 Å². The average molecular weight is 466 g/mol. The van der Waals surface area contributed by atoms with Gasteiger partial charge >= 0.3 is 0 Å². The van der Waals surface area contributed by atoms with Crippen LogP contribution in [0.3, 0.4) is 0 Å². The predicted octanol–water partition coefficient (Wildman–Crippen LogP) is 3.10. The maximum absolute atomic E-state index is 12.6. The van der Waals surface area contributed by atoms with E-state index in [9.17, 15) is 9.59 Å². The number of ether oxygens (including phenoxy) is 2. The summed E-state index contributed by atoms with van der Waals surface area (Å²) in [5, 5.41) is 7.95. The summed E-state index contributed by atoms with van der Waals surface area (Å²) < 4.78 is 12.3. The first-order valence-corrected chi connectivity index (χ1v) is 11.2. The monoisotopic (exact) mass is 465 g/mol. The summed E-state index contributed by atoms with van der Waals surface area (Å²) in [6, 6.07) is 14.5. The topological polar surface area (TPSA) is 111 Å². The van der Waals surface area contributed by atoms with Crippen LogP contribution in [0.1, 0.15) is 18.5 Å².